The lowest BCUT2D eigenvalue weighted by molar-refractivity contribution is -0.132. The average Bonchev–Trinajstić information content (AvgIpc) is 2.76. The molecule has 0 aliphatic carbocycles. The standard InChI is InChI=1S/C23H28F2N4O.HI/c1-2-26-23(28-15-19-14-20(24)9-10-21(19)25)27-12-5-8-22(30)29-13-11-17-6-3-4-7-18(17)16-29;/h3-4,6-7,9-10,14H,2,5,8,11-13,15-16H2,1H3,(H2,26,27,28);1H. The number of nitrogens with zero attached hydrogens (tertiary/aromatic N) is 2. The van der Waals surface area contributed by atoms with Crippen LogP contribution in [-0.2, 0) is 24.3 Å². The van der Waals surface area contributed by atoms with Crippen LogP contribution in [-0.4, -0.2) is 36.4 Å². The summed E-state index contributed by atoms with van der Waals surface area (Å²) in [5, 5.41) is 6.23. The number of carbonyl (C=O) groups is 1. The van der Waals surface area contributed by atoms with E-state index in [0.29, 0.717) is 38.4 Å². The van der Waals surface area contributed by atoms with Gasteiger partial charge in [-0.05, 0) is 49.1 Å². The van der Waals surface area contributed by atoms with Crippen molar-refractivity contribution in [2.24, 2.45) is 4.99 Å². The third-order valence-electron chi connectivity index (χ3n) is 5.10. The highest BCUT2D eigenvalue weighted by Crippen LogP contribution is 2.19. The zero-order chi connectivity index (χ0) is 21.3. The van der Waals surface area contributed by atoms with E-state index >= 15 is 0 Å². The van der Waals surface area contributed by atoms with Crippen LogP contribution in [0.15, 0.2) is 47.5 Å². The molecule has 5 nitrogen and oxygen atoms in total. The summed E-state index contributed by atoms with van der Waals surface area (Å²) in [5.74, 6) is -0.307. The largest absolute Gasteiger partial charge is 0.357 e. The van der Waals surface area contributed by atoms with Crippen LogP contribution in [0.1, 0.15) is 36.5 Å². The fourth-order valence-corrected chi connectivity index (χ4v) is 3.48. The summed E-state index contributed by atoms with van der Waals surface area (Å²) >= 11 is 0. The predicted octanol–water partition coefficient (Wildman–Crippen LogP) is 4.00. The summed E-state index contributed by atoms with van der Waals surface area (Å²) < 4.78 is 27.0. The number of hydrogen-bond acceptors (Lipinski definition) is 2. The number of halogens is 3. The summed E-state index contributed by atoms with van der Waals surface area (Å²) in [6.07, 6.45) is 2.01. The minimum Gasteiger partial charge on any atom is -0.357 e. The Kier molecular flexibility index (Phi) is 10.2. The van der Waals surface area contributed by atoms with Gasteiger partial charge in [0, 0.05) is 38.2 Å². The van der Waals surface area contributed by atoms with E-state index in [9.17, 15) is 13.6 Å². The molecular weight excluding hydrogens is 513 g/mol. The number of rotatable bonds is 7. The minimum absolute atomic E-state index is 0. The highest BCUT2D eigenvalue weighted by atomic mass is 127. The zero-order valence-corrected chi connectivity index (χ0v) is 20.0. The van der Waals surface area contributed by atoms with Gasteiger partial charge in [0.15, 0.2) is 5.96 Å². The molecule has 0 atom stereocenters. The quantitative estimate of drug-likeness (QED) is 0.241. The van der Waals surface area contributed by atoms with Crippen molar-refractivity contribution in [3.8, 4) is 0 Å². The first kappa shape index (κ1) is 25.0. The van der Waals surface area contributed by atoms with Crippen molar-refractivity contribution in [2.45, 2.75) is 39.3 Å². The van der Waals surface area contributed by atoms with E-state index in [1.54, 1.807) is 0 Å². The van der Waals surface area contributed by atoms with Crippen LogP contribution in [0.25, 0.3) is 0 Å². The Balaban J connectivity index is 0.00000341. The Morgan fingerprint density at radius 1 is 1.13 bits per heavy atom. The molecule has 1 amide bonds. The van der Waals surface area contributed by atoms with Gasteiger partial charge in [0.2, 0.25) is 5.91 Å². The van der Waals surface area contributed by atoms with Crippen LogP contribution >= 0.6 is 24.0 Å². The van der Waals surface area contributed by atoms with Gasteiger partial charge in [-0.15, -0.1) is 24.0 Å². The van der Waals surface area contributed by atoms with Crippen molar-refractivity contribution >= 4 is 35.8 Å². The number of fused-ring (bicyclic) bond motifs is 1. The Hall–Kier alpha value is -2.23. The second-order valence-corrected chi connectivity index (χ2v) is 7.30. The van der Waals surface area contributed by atoms with Gasteiger partial charge in [0.1, 0.15) is 11.6 Å². The molecule has 0 saturated carbocycles. The van der Waals surface area contributed by atoms with Gasteiger partial charge in [-0.1, -0.05) is 24.3 Å². The monoisotopic (exact) mass is 542 g/mol. The number of nitrogens with one attached hydrogen (secondary N) is 2. The summed E-state index contributed by atoms with van der Waals surface area (Å²) in [6, 6.07) is 11.6. The third-order valence-corrected chi connectivity index (χ3v) is 5.10. The fourth-order valence-electron chi connectivity index (χ4n) is 3.48. The van der Waals surface area contributed by atoms with Gasteiger partial charge in [-0.25, -0.2) is 13.8 Å². The summed E-state index contributed by atoms with van der Waals surface area (Å²) in [5.41, 5.74) is 2.75. The molecule has 1 aliphatic rings. The van der Waals surface area contributed by atoms with E-state index in [2.05, 4.69) is 27.8 Å². The third kappa shape index (κ3) is 7.45. The van der Waals surface area contributed by atoms with Gasteiger partial charge in [-0.3, -0.25) is 4.79 Å². The van der Waals surface area contributed by atoms with E-state index in [4.69, 9.17) is 0 Å². The first-order chi connectivity index (χ1) is 14.6. The molecule has 0 fully saturated rings. The van der Waals surface area contributed by atoms with Gasteiger partial charge in [0.25, 0.3) is 0 Å². The molecule has 0 unspecified atom stereocenters. The normalized spacial score (nSPS) is 13.3. The first-order valence-electron chi connectivity index (χ1n) is 10.4. The molecule has 0 bridgehead atoms. The lowest BCUT2D eigenvalue weighted by atomic mass is 9.99. The van der Waals surface area contributed by atoms with Gasteiger partial charge >= 0.3 is 0 Å². The molecule has 0 radical (unpaired) electrons. The van der Waals surface area contributed by atoms with Crippen LogP contribution in [0.4, 0.5) is 8.78 Å². The molecule has 2 aromatic carbocycles. The maximum atomic E-state index is 13.8. The van der Waals surface area contributed by atoms with E-state index in [1.807, 2.05) is 24.0 Å². The molecule has 1 aliphatic heterocycles. The smallest absolute Gasteiger partial charge is 0.222 e. The number of guanidine groups is 1. The lowest BCUT2D eigenvalue weighted by Crippen LogP contribution is -2.39. The average molecular weight is 542 g/mol. The maximum Gasteiger partial charge on any atom is 0.222 e. The Morgan fingerprint density at radius 3 is 2.68 bits per heavy atom. The van der Waals surface area contributed by atoms with E-state index in [-0.39, 0.29) is 42.0 Å². The number of benzene rings is 2. The summed E-state index contributed by atoms with van der Waals surface area (Å²) in [6.45, 7) is 4.60. The van der Waals surface area contributed by atoms with E-state index in [0.717, 1.165) is 31.2 Å². The van der Waals surface area contributed by atoms with Crippen LogP contribution < -0.4 is 10.6 Å². The molecule has 8 heteroatoms. The second kappa shape index (κ2) is 12.6. The molecule has 2 aromatic rings. The number of hydrogen-bond donors (Lipinski definition) is 2. The van der Waals surface area contributed by atoms with Crippen LogP contribution in [0, 0.1) is 11.6 Å². The molecule has 0 saturated heterocycles. The van der Waals surface area contributed by atoms with Crippen molar-refractivity contribution in [3.05, 3.63) is 70.8 Å². The van der Waals surface area contributed by atoms with Crippen molar-refractivity contribution in [1.29, 1.82) is 0 Å². The number of amides is 1. The molecule has 168 valence electrons. The molecule has 0 spiro atoms. The SMILES string of the molecule is CCNC(=NCc1cc(F)ccc1F)NCCCC(=O)N1CCc2ccccc2C1.I. The summed E-state index contributed by atoms with van der Waals surface area (Å²) in [7, 11) is 0. The second-order valence-electron chi connectivity index (χ2n) is 7.30. The van der Waals surface area contributed by atoms with Crippen molar-refractivity contribution in [1.82, 2.24) is 15.5 Å². The number of carbonyl (C=O) groups excluding carboxylic acids is 1. The zero-order valence-electron chi connectivity index (χ0n) is 17.7. The van der Waals surface area contributed by atoms with Crippen molar-refractivity contribution in [2.75, 3.05) is 19.6 Å². The van der Waals surface area contributed by atoms with Crippen LogP contribution in [0.2, 0.25) is 0 Å². The van der Waals surface area contributed by atoms with E-state index < -0.39 is 11.6 Å². The lowest BCUT2D eigenvalue weighted by Gasteiger charge is -2.29. The predicted molar refractivity (Wildman–Crippen MR) is 129 cm³/mol. The molecular formula is C23H29F2IN4O. The van der Waals surface area contributed by atoms with Crippen LogP contribution in [0.3, 0.4) is 0 Å². The molecule has 3 rings (SSSR count). The van der Waals surface area contributed by atoms with Crippen molar-refractivity contribution < 1.29 is 13.6 Å². The molecule has 1 heterocycles. The van der Waals surface area contributed by atoms with Crippen LogP contribution in [0.5, 0.6) is 0 Å². The molecule has 0 aromatic heterocycles. The summed E-state index contributed by atoms with van der Waals surface area (Å²) in [4.78, 5) is 18.8. The van der Waals surface area contributed by atoms with Gasteiger partial charge in [0.05, 0.1) is 6.54 Å². The molecule has 31 heavy (non-hydrogen) atoms. The Morgan fingerprint density at radius 2 is 1.90 bits per heavy atom. The molecule has 2 N–H and O–H groups in total. The number of aliphatic imine (C=N–C) groups is 1. The highest BCUT2D eigenvalue weighted by Gasteiger charge is 2.19. The van der Waals surface area contributed by atoms with Crippen molar-refractivity contribution in [3.63, 3.8) is 0 Å². The topological polar surface area (TPSA) is 56.7 Å². The fraction of sp³-hybridized carbons (Fsp3) is 0.391. The van der Waals surface area contributed by atoms with E-state index in [1.165, 1.54) is 11.1 Å². The Labute approximate surface area is 199 Å². The maximum absolute atomic E-state index is 13.8. The highest BCUT2D eigenvalue weighted by molar-refractivity contribution is 14.0. The minimum atomic E-state index is -0.488. The van der Waals surface area contributed by atoms with Gasteiger partial charge < -0.3 is 15.5 Å². The first-order valence-corrected chi connectivity index (χ1v) is 10.4. The Bertz CT molecular complexity index is 907. The van der Waals surface area contributed by atoms with Gasteiger partial charge in [-0.2, -0.15) is 0 Å².